The third-order valence-corrected chi connectivity index (χ3v) is 4.20. The zero-order valence-corrected chi connectivity index (χ0v) is 14.7. The number of rotatable bonds is 7. The lowest BCUT2D eigenvalue weighted by molar-refractivity contribution is -0.128. The second-order valence-electron chi connectivity index (χ2n) is 5.31. The van der Waals surface area contributed by atoms with Crippen molar-refractivity contribution in [1.82, 2.24) is 16.0 Å². The highest BCUT2D eigenvalue weighted by atomic mass is 32.1. The van der Waals surface area contributed by atoms with Crippen molar-refractivity contribution >= 4 is 29.1 Å². The standard InChI is InChI=1S/C17H17F2N3O3S/c1-20-17(25)15(10-2-3-12(18)13(19)8-10)22-14(23)4-6-21-16(24)11-5-7-26-9-11/h2-3,5,7-9,15H,4,6H2,1H3,(H,20,25)(H,21,24)(H,22,23). The number of hydrogen-bond acceptors (Lipinski definition) is 4. The van der Waals surface area contributed by atoms with Crippen molar-refractivity contribution in [2.45, 2.75) is 12.5 Å². The van der Waals surface area contributed by atoms with E-state index in [1.54, 1.807) is 16.8 Å². The van der Waals surface area contributed by atoms with Gasteiger partial charge in [-0.15, -0.1) is 0 Å². The van der Waals surface area contributed by atoms with Crippen LogP contribution in [0.2, 0.25) is 0 Å². The molecule has 3 N–H and O–H groups in total. The second-order valence-corrected chi connectivity index (χ2v) is 6.09. The Kier molecular flexibility index (Phi) is 6.79. The van der Waals surface area contributed by atoms with Crippen LogP contribution in [0, 0.1) is 11.6 Å². The van der Waals surface area contributed by atoms with E-state index in [2.05, 4.69) is 16.0 Å². The fourth-order valence-corrected chi connectivity index (χ4v) is 2.79. The highest BCUT2D eigenvalue weighted by molar-refractivity contribution is 7.08. The Morgan fingerprint density at radius 1 is 1.15 bits per heavy atom. The normalized spacial score (nSPS) is 11.5. The average molecular weight is 381 g/mol. The summed E-state index contributed by atoms with van der Waals surface area (Å²) >= 11 is 1.38. The molecule has 1 aromatic heterocycles. The van der Waals surface area contributed by atoms with Crippen molar-refractivity contribution in [2.75, 3.05) is 13.6 Å². The van der Waals surface area contributed by atoms with Gasteiger partial charge in [0.2, 0.25) is 11.8 Å². The smallest absolute Gasteiger partial charge is 0.252 e. The third-order valence-electron chi connectivity index (χ3n) is 3.51. The number of halogens is 2. The summed E-state index contributed by atoms with van der Waals surface area (Å²) in [4.78, 5) is 35.8. The lowest BCUT2D eigenvalue weighted by Crippen LogP contribution is -2.40. The molecule has 0 spiro atoms. The molecule has 2 aromatic rings. The van der Waals surface area contributed by atoms with Gasteiger partial charge in [0.15, 0.2) is 11.6 Å². The molecule has 9 heteroatoms. The Morgan fingerprint density at radius 3 is 2.54 bits per heavy atom. The van der Waals surface area contributed by atoms with Crippen molar-refractivity contribution in [3.63, 3.8) is 0 Å². The van der Waals surface area contributed by atoms with Crippen LogP contribution in [-0.2, 0) is 9.59 Å². The summed E-state index contributed by atoms with van der Waals surface area (Å²) in [5.74, 6) is -3.57. The molecule has 1 unspecified atom stereocenters. The Labute approximate surface area is 152 Å². The van der Waals surface area contributed by atoms with Gasteiger partial charge in [-0.25, -0.2) is 8.78 Å². The van der Waals surface area contributed by atoms with Crippen LogP contribution >= 0.6 is 11.3 Å². The third kappa shape index (κ3) is 5.09. The highest BCUT2D eigenvalue weighted by Crippen LogP contribution is 2.17. The van der Waals surface area contributed by atoms with E-state index in [1.807, 2.05) is 0 Å². The molecule has 0 aliphatic carbocycles. The minimum absolute atomic E-state index is 0.0682. The maximum atomic E-state index is 13.4. The number of carbonyl (C=O) groups excluding carboxylic acids is 3. The minimum atomic E-state index is -1.17. The summed E-state index contributed by atoms with van der Waals surface area (Å²) in [6.07, 6.45) is -0.0763. The van der Waals surface area contributed by atoms with Gasteiger partial charge in [-0.1, -0.05) is 6.07 Å². The van der Waals surface area contributed by atoms with Gasteiger partial charge in [0.05, 0.1) is 0 Å². The summed E-state index contributed by atoms with van der Waals surface area (Å²) in [6.45, 7) is 0.0682. The van der Waals surface area contributed by atoms with Crippen molar-refractivity contribution in [3.8, 4) is 0 Å². The van der Waals surface area contributed by atoms with E-state index in [0.29, 0.717) is 5.56 Å². The molecule has 0 bridgehead atoms. The van der Waals surface area contributed by atoms with Crippen molar-refractivity contribution < 1.29 is 23.2 Å². The zero-order chi connectivity index (χ0) is 19.1. The number of amides is 3. The molecule has 2 rings (SSSR count). The molecule has 3 amide bonds. The van der Waals surface area contributed by atoms with Gasteiger partial charge >= 0.3 is 0 Å². The van der Waals surface area contributed by atoms with Crippen LogP contribution in [0.3, 0.4) is 0 Å². The lowest BCUT2D eigenvalue weighted by Gasteiger charge is -2.18. The summed E-state index contributed by atoms with van der Waals surface area (Å²) in [5.41, 5.74) is 0.611. The van der Waals surface area contributed by atoms with Crippen LogP contribution in [0.5, 0.6) is 0 Å². The number of hydrogen-bond donors (Lipinski definition) is 3. The molecule has 1 aromatic carbocycles. The molecular weight excluding hydrogens is 364 g/mol. The molecule has 0 fully saturated rings. The molecule has 0 aliphatic rings. The number of nitrogens with one attached hydrogen (secondary N) is 3. The van der Waals surface area contributed by atoms with Gasteiger partial charge in [-0.3, -0.25) is 14.4 Å². The molecule has 6 nitrogen and oxygen atoms in total. The SMILES string of the molecule is CNC(=O)C(NC(=O)CCNC(=O)c1ccsc1)c1ccc(F)c(F)c1. The summed E-state index contributed by atoms with van der Waals surface area (Å²) < 4.78 is 26.5. The van der Waals surface area contributed by atoms with E-state index in [9.17, 15) is 23.2 Å². The zero-order valence-electron chi connectivity index (χ0n) is 13.8. The van der Waals surface area contributed by atoms with Crippen molar-refractivity contribution in [1.29, 1.82) is 0 Å². The molecule has 0 aliphatic heterocycles. The highest BCUT2D eigenvalue weighted by Gasteiger charge is 2.23. The van der Waals surface area contributed by atoms with Crippen LogP contribution < -0.4 is 16.0 Å². The Morgan fingerprint density at radius 2 is 1.92 bits per heavy atom. The fraction of sp³-hybridized carbons (Fsp3) is 0.235. The number of thiophene rings is 1. The average Bonchev–Trinajstić information content (AvgIpc) is 3.16. The van der Waals surface area contributed by atoms with Gasteiger partial charge < -0.3 is 16.0 Å². The number of likely N-dealkylation sites (N-methyl/N-ethyl adjacent to an activating group) is 1. The van der Waals surface area contributed by atoms with E-state index in [4.69, 9.17) is 0 Å². The Hall–Kier alpha value is -2.81. The number of carbonyl (C=O) groups is 3. The monoisotopic (exact) mass is 381 g/mol. The molecule has 0 saturated heterocycles. The summed E-state index contributed by atoms with van der Waals surface area (Å²) in [6, 6.07) is 3.44. The van der Waals surface area contributed by atoms with Gasteiger partial charge in [0, 0.05) is 31.0 Å². The molecule has 0 radical (unpaired) electrons. The van der Waals surface area contributed by atoms with Gasteiger partial charge in [-0.05, 0) is 29.1 Å². The summed E-state index contributed by atoms with van der Waals surface area (Å²) in [7, 11) is 1.36. The fourth-order valence-electron chi connectivity index (χ4n) is 2.15. The predicted octanol–water partition coefficient (Wildman–Crippen LogP) is 1.75. The second kappa shape index (κ2) is 9.04. The first-order valence-electron chi connectivity index (χ1n) is 7.68. The van der Waals surface area contributed by atoms with E-state index in [0.717, 1.165) is 12.1 Å². The van der Waals surface area contributed by atoms with Crippen LogP contribution in [0.15, 0.2) is 35.0 Å². The van der Waals surface area contributed by atoms with Gasteiger partial charge in [0.25, 0.3) is 5.91 Å². The molecule has 138 valence electrons. The molecular formula is C17H17F2N3O3S. The number of benzene rings is 1. The molecule has 1 heterocycles. The maximum absolute atomic E-state index is 13.4. The Balaban J connectivity index is 1.95. The maximum Gasteiger partial charge on any atom is 0.252 e. The minimum Gasteiger partial charge on any atom is -0.357 e. The van der Waals surface area contributed by atoms with E-state index < -0.39 is 29.5 Å². The quantitative estimate of drug-likeness (QED) is 0.683. The molecule has 0 saturated carbocycles. The molecule has 26 heavy (non-hydrogen) atoms. The lowest BCUT2D eigenvalue weighted by atomic mass is 10.1. The molecule has 1 atom stereocenters. The first kappa shape index (κ1) is 19.5. The van der Waals surface area contributed by atoms with Gasteiger partial charge in [0.1, 0.15) is 6.04 Å². The predicted molar refractivity (Wildman–Crippen MR) is 92.6 cm³/mol. The van der Waals surface area contributed by atoms with Crippen molar-refractivity contribution in [3.05, 3.63) is 57.8 Å². The van der Waals surface area contributed by atoms with E-state index >= 15 is 0 Å². The Bertz CT molecular complexity index is 797. The largest absolute Gasteiger partial charge is 0.357 e. The van der Waals surface area contributed by atoms with Crippen LogP contribution in [0.1, 0.15) is 28.4 Å². The first-order chi connectivity index (χ1) is 12.4. The van der Waals surface area contributed by atoms with Crippen LogP contribution in [-0.4, -0.2) is 31.3 Å². The van der Waals surface area contributed by atoms with Gasteiger partial charge in [-0.2, -0.15) is 11.3 Å². The van der Waals surface area contributed by atoms with Crippen LogP contribution in [0.4, 0.5) is 8.78 Å². The van der Waals surface area contributed by atoms with E-state index in [1.165, 1.54) is 24.5 Å². The summed E-state index contributed by atoms with van der Waals surface area (Å²) in [5, 5.41) is 10.8. The first-order valence-corrected chi connectivity index (χ1v) is 8.63. The topological polar surface area (TPSA) is 87.3 Å². The van der Waals surface area contributed by atoms with E-state index in [-0.39, 0.29) is 24.4 Å². The van der Waals surface area contributed by atoms with Crippen LogP contribution in [0.25, 0.3) is 0 Å². The van der Waals surface area contributed by atoms with Crippen molar-refractivity contribution in [2.24, 2.45) is 0 Å².